The van der Waals surface area contributed by atoms with E-state index in [1.54, 1.807) is 11.3 Å². The molecule has 0 N–H and O–H groups in total. The number of benzene rings is 1. The minimum atomic E-state index is 0.797. The number of aryl methyl sites for hydroxylation is 1. The van der Waals surface area contributed by atoms with Crippen LogP contribution in [0.5, 0.6) is 0 Å². The lowest BCUT2D eigenvalue weighted by atomic mass is 10.0. The third-order valence-electron chi connectivity index (χ3n) is 2.32. The molecule has 0 atom stereocenters. The molecule has 0 amide bonds. The van der Waals surface area contributed by atoms with Gasteiger partial charge in [0.1, 0.15) is 6.29 Å². The van der Waals surface area contributed by atoms with Gasteiger partial charge >= 0.3 is 0 Å². The zero-order valence-electron chi connectivity index (χ0n) is 7.71. The average molecular weight is 269 g/mol. The lowest BCUT2D eigenvalue weighted by molar-refractivity contribution is 0.112. The molecule has 0 bridgehead atoms. The Morgan fingerprint density at radius 1 is 1.57 bits per heavy atom. The minimum absolute atomic E-state index is 0.797. The largest absolute Gasteiger partial charge is 0.298 e. The highest BCUT2D eigenvalue weighted by molar-refractivity contribution is 9.10. The lowest BCUT2D eigenvalue weighted by Crippen LogP contribution is -1.91. The normalized spacial score (nSPS) is 10.7. The summed E-state index contributed by atoms with van der Waals surface area (Å²) in [5, 5.41) is 3.26. The summed E-state index contributed by atoms with van der Waals surface area (Å²) in [5.41, 5.74) is 1.95. The van der Waals surface area contributed by atoms with E-state index in [4.69, 9.17) is 0 Å². The van der Waals surface area contributed by atoms with Crippen molar-refractivity contribution in [3.63, 3.8) is 0 Å². The van der Waals surface area contributed by atoms with Crippen LogP contribution < -0.4 is 0 Å². The van der Waals surface area contributed by atoms with Crippen molar-refractivity contribution in [1.82, 2.24) is 0 Å². The molecule has 1 nitrogen and oxygen atoms in total. The molecule has 1 heterocycles. The molecule has 2 rings (SSSR count). The van der Waals surface area contributed by atoms with Gasteiger partial charge in [0.2, 0.25) is 0 Å². The number of rotatable bonds is 2. The lowest BCUT2D eigenvalue weighted by Gasteiger charge is -2.05. The van der Waals surface area contributed by atoms with Gasteiger partial charge in [-0.3, -0.25) is 4.79 Å². The van der Waals surface area contributed by atoms with E-state index >= 15 is 0 Å². The number of halogens is 1. The first kappa shape index (κ1) is 9.87. The fraction of sp³-hybridized carbons (Fsp3) is 0.182. The van der Waals surface area contributed by atoms with Crippen LogP contribution in [0.1, 0.15) is 22.8 Å². The first-order valence-electron chi connectivity index (χ1n) is 4.41. The molecule has 1 aromatic heterocycles. The molecule has 0 spiro atoms. The monoisotopic (exact) mass is 268 g/mol. The third-order valence-corrected chi connectivity index (χ3v) is 4.15. The summed E-state index contributed by atoms with van der Waals surface area (Å²) in [6.07, 6.45) is 1.83. The van der Waals surface area contributed by atoms with E-state index in [-0.39, 0.29) is 0 Å². The van der Waals surface area contributed by atoms with E-state index in [0.29, 0.717) is 0 Å². The molecule has 14 heavy (non-hydrogen) atoms. The predicted octanol–water partition coefficient (Wildman–Crippen LogP) is 4.04. The van der Waals surface area contributed by atoms with Gasteiger partial charge in [-0.2, -0.15) is 0 Å². The maximum Gasteiger partial charge on any atom is 0.150 e. The second kappa shape index (κ2) is 3.83. The topological polar surface area (TPSA) is 17.1 Å². The van der Waals surface area contributed by atoms with Crippen molar-refractivity contribution in [3.8, 4) is 0 Å². The van der Waals surface area contributed by atoms with E-state index in [0.717, 1.165) is 28.3 Å². The van der Waals surface area contributed by atoms with Crippen LogP contribution in [0, 0.1) is 0 Å². The number of hydrogen-bond acceptors (Lipinski definition) is 2. The molecule has 3 heteroatoms. The van der Waals surface area contributed by atoms with Gasteiger partial charge in [0, 0.05) is 14.7 Å². The molecule has 0 radical (unpaired) electrons. The molecule has 0 saturated carbocycles. The number of aldehydes is 1. The van der Waals surface area contributed by atoms with Crippen molar-refractivity contribution in [2.45, 2.75) is 13.3 Å². The van der Waals surface area contributed by atoms with Gasteiger partial charge in [-0.25, -0.2) is 0 Å². The Balaban J connectivity index is 2.88. The van der Waals surface area contributed by atoms with Crippen LogP contribution in [0.3, 0.4) is 0 Å². The maximum absolute atomic E-state index is 10.9. The Labute approximate surface area is 94.9 Å². The second-order valence-corrected chi connectivity index (χ2v) is 4.83. The van der Waals surface area contributed by atoms with Gasteiger partial charge in [-0.15, -0.1) is 11.3 Å². The van der Waals surface area contributed by atoms with Crippen molar-refractivity contribution >= 4 is 43.6 Å². The highest BCUT2D eigenvalue weighted by Crippen LogP contribution is 2.33. The molecule has 0 saturated heterocycles. The third kappa shape index (κ3) is 1.41. The van der Waals surface area contributed by atoms with Crippen LogP contribution in [-0.4, -0.2) is 6.29 Å². The standard InChI is InChI=1S/C11H9BrOS/c1-2-8-7(6-13)5-10(12)11-9(8)3-4-14-11/h3-6H,2H2,1H3. The summed E-state index contributed by atoms with van der Waals surface area (Å²) in [6, 6.07) is 3.99. The number of carbonyl (C=O) groups is 1. The van der Waals surface area contributed by atoms with Gasteiger partial charge in [-0.05, 0) is 50.8 Å². The van der Waals surface area contributed by atoms with Crippen LogP contribution in [0.15, 0.2) is 22.0 Å². The molecule has 72 valence electrons. The minimum Gasteiger partial charge on any atom is -0.298 e. The summed E-state index contributed by atoms with van der Waals surface area (Å²) in [5.74, 6) is 0. The molecule has 0 aliphatic carbocycles. The van der Waals surface area contributed by atoms with Crippen molar-refractivity contribution in [2.75, 3.05) is 0 Å². The Hall–Kier alpha value is -0.670. The molecule has 1 aromatic carbocycles. The first-order chi connectivity index (χ1) is 6.77. The maximum atomic E-state index is 10.9. The summed E-state index contributed by atoms with van der Waals surface area (Å²) >= 11 is 5.18. The van der Waals surface area contributed by atoms with Crippen LogP contribution in [-0.2, 0) is 6.42 Å². The number of thiophene rings is 1. The Morgan fingerprint density at radius 3 is 3.00 bits per heavy atom. The second-order valence-electron chi connectivity index (χ2n) is 3.06. The Bertz CT molecular complexity index is 487. The molecular formula is C11H9BrOS. The molecule has 0 aliphatic rings. The zero-order valence-corrected chi connectivity index (χ0v) is 10.1. The van der Waals surface area contributed by atoms with Gasteiger partial charge in [0.15, 0.2) is 0 Å². The molecule has 2 aromatic rings. The zero-order chi connectivity index (χ0) is 10.1. The van der Waals surface area contributed by atoms with E-state index in [1.165, 1.54) is 10.1 Å². The average Bonchev–Trinajstić information content (AvgIpc) is 2.66. The number of fused-ring (bicyclic) bond motifs is 1. The molecule has 0 aliphatic heterocycles. The highest BCUT2D eigenvalue weighted by Gasteiger charge is 2.09. The molecule has 0 unspecified atom stereocenters. The van der Waals surface area contributed by atoms with E-state index in [9.17, 15) is 4.79 Å². The predicted molar refractivity (Wildman–Crippen MR) is 64.3 cm³/mol. The Morgan fingerprint density at radius 2 is 2.36 bits per heavy atom. The van der Waals surface area contributed by atoms with E-state index < -0.39 is 0 Å². The van der Waals surface area contributed by atoms with Crippen molar-refractivity contribution in [1.29, 1.82) is 0 Å². The van der Waals surface area contributed by atoms with E-state index in [2.05, 4.69) is 34.3 Å². The van der Waals surface area contributed by atoms with Crippen LogP contribution in [0.4, 0.5) is 0 Å². The summed E-state index contributed by atoms with van der Waals surface area (Å²) in [6.45, 7) is 2.08. The van der Waals surface area contributed by atoms with Crippen molar-refractivity contribution in [2.24, 2.45) is 0 Å². The molecular weight excluding hydrogens is 260 g/mol. The quantitative estimate of drug-likeness (QED) is 0.752. The number of carbonyl (C=O) groups excluding carboxylic acids is 1. The Kier molecular flexibility index (Phi) is 2.70. The van der Waals surface area contributed by atoms with Gasteiger partial charge < -0.3 is 0 Å². The summed E-state index contributed by atoms with van der Waals surface area (Å²) in [4.78, 5) is 10.9. The SMILES string of the molecule is CCc1c(C=O)cc(Br)c2sccc12. The van der Waals surface area contributed by atoms with Crippen LogP contribution in [0.25, 0.3) is 10.1 Å². The van der Waals surface area contributed by atoms with Gasteiger partial charge in [0.05, 0.1) is 0 Å². The van der Waals surface area contributed by atoms with Crippen molar-refractivity contribution < 1.29 is 4.79 Å². The fourth-order valence-corrected chi connectivity index (χ4v) is 3.25. The van der Waals surface area contributed by atoms with Crippen molar-refractivity contribution in [3.05, 3.63) is 33.1 Å². The van der Waals surface area contributed by atoms with Gasteiger partial charge in [-0.1, -0.05) is 6.92 Å². The smallest absolute Gasteiger partial charge is 0.150 e. The summed E-state index contributed by atoms with van der Waals surface area (Å²) < 4.78 is 2.24. The first-order valence-corrected chi connectivity index (χ1v) is 6.09. The highest BCUT2D eigenvalue weighted by atomic mass is 79.9. The van der Waals surface area contributed by atoms with Crippen LogP contribution in [0.2, 0.25) is 0 Å². The number of hydrogen-bond donors (Lipinski definition) is 0. The van der Waals surface area contributed by atoms with E-state index in [1.807, 2.05) is 6.07 Å². The molecule has 0 fully saturated rings. The van der Waals surface area contributed by atoms with Crippen LogP contribution >= 0.6 is 27.3 Å². The fourth-order valence-electron chi connectivity index (χ4n) is 1.68. The summed E-state index contributed by atoms with van der Waals surface area (Å²) in [7, 11) is 0. The van der Waals surface area contributed by atoms with Gasteiger partial charge in [0.25, 0.3) is 0 Å².